The molecule has 0 aliphatic carbocycles. The fourth-order valence-electron chi connectivity index (χ4n) is 1.12. The molecule has 0 bridgehead atoms. The van der Waals surface area contributed by atoms with E-state index in [9.17, 15) is 4.79 Å². The fraction of sp³-hybridized carbons (Fsp3) is 0.727. The Bertz CT molecular complexity index is 259. The first-order valence-electron chi connectivity index (χ1n) is 5.73. The van der Waals surface area contributed by atoms with Crippen LogP contribution in [0.3, 0.4) is 0 Å². The average molecular weight is 261 g/mol. The lowest BCUT2D eigenvalue weighted by Gasteiger charge is -2.28. The van der Waals surface area contributed by atoms with Crippen molar-refractivity contribution in [3.05, 3.63) is 12.2 Å². The van der Waals surface area contributed by atoms with Gasteiger partial charge in [0.25, 0.3) is 0 Å². The quantitative estimate of drug-likeness (QED) is 0.216. The van der Waals surface area contributed by atoms with Crippen LogP contribution in [0.2, 0.25) is 0 Å². The van der Waals surface area contributed by atoms with Crippen LogP contribution < -0.4 is 16.0 Å². The zero-order chi connectivity index (χ0) is 14.0. The summed E-state index contributed by atoms with van der Waals surface area (Å²) >= 11 is 0. The molecule has 7 heteroatoms. The third-order valence-electron chi connectivity index (χ3n) is 2.30. The molecule has 0 fully saturated rings. The highest BCUT2D eigenvalue weighted by molar-refractivity contribution is 5.74. The van der Waals surface area contributed by atoms with E-state index in [0.29, 0.717) is 19.6 Å². The molecule has 0 radical (unpaired) electrons. The number of aliphatic hydroxyl groups is 3. The lowest BCUT2D eigenvalue weighted by molar-refractivity contribution is 0.0493. The molecule has 0 aliphatic rings. The summed E-state index contributed by atoms with van der Waals surface area (Å²) < 4.78 is 0. The number of carbonyl (C=O) groups is 1. The van der Waals surface area contributed by atoms with Crippen molar-refractivity contribution in [3.63, 3.8) is 0 Å². The molecule has 0 aromatic rings. The molecule has 106 valence electrons. The van der Waals surface area contributed by atoms with Crippen LogP contribution in [-0.4, -0.2) is 66.3 Å². The van der Waals surface area contributed by atoms with Gasteiger partial charge in [-0.15, -0.1) is 0 Å². The van der Waals surface area contributed by atoms with Crippen LogP contribution >= 0.6 is 0 Å². The number of nitrogens with one attached hydrogen (secondary N) is 3. The van der Waals surface area contributed by atoms with Gasteiger partial charge < -0.3 is 31.3 Å². The Hall–Kier alpha value is -1.15. The summed E-state index contributed by atoms with van der Waals surface area (Å²) in [6.07, 6.45) is 0. The SMILES string of the molecule is C=C(C)CNCCNC(=O)NC(CO)(CO)CO. The minimum absolute atomic E-state index is 0.386. The van der Waals surface area contributed by atoms with Crippen LogP contribution in [0.4, 0.5) is 4.79 Å². The Morgan fingerprint density at radius 3 is 2.17 bits per heavy atom. The molecule has 0 saturated carbocycles. The van der Waals surface area contributed by atoms with Gasteiger partial charge >= 0.3 is 6.03 Å². The van der Waals surface area contributed by atoms with Gasteiger partial charge in [0.1, 0.15) is 5.54 Å². The van der Waals surface area contributed by atoms with Gasteiger partial charge in [-0.1, -0.05) is 12.2 Å². The highest BCUT2D eigenvalue weighted by Gasteiger charge is 2.29. The second-order valence-electron chi connectivity index (χ2n) is 4.27. The Kier molecular flexibility index (Phi) is 8.30. The first-order chi connectivity index (χ1) is 8.49. The molecule has 0 saturated heterocycles. The van der Waals surface area contributed by atoms with Crippen LogP contribution in [0.1, 0.15) is 6.92 Å². The molecule has 0 spiro atoms. The second kappa shape index (κ2) is 8.87. The lowest BCUT2D eigenvalue weighted by Crippen LogP contribution is -2.59. The smallest absolute Gasteiger partial charge is 0.315 e. The molecule has 0 unspecified atom stereocenters. The maximum absolute atomic E-state index is 11.4. The molecule has 0 atom stereocenters. The highest BCUT2D eigenvalue weighted by atomic mass is 16.3. The van der Waals surface area contributed by atoms with Crippen LogP contribution in [-0.2, 0) is 0 Å². The van der Waals surface area contributed by atoms with Crippen LogP contribution in [0.25, 0.3) is 0 Å². The van der Waals surface area contributed by atoms with Gasteiger partial charge in [-0.2, -0.15) is 0 Å². The van der Waals surface area contributed by atoms with Crippen LogP contribution in [0.15, 0.2) is 12.2 Å². The third kappa shape index (κ3) is 6.55. The fourth-order valence-corrected chi connectivity index (χ4v) is 1.12. The normalized spacial score (nSPS) is 11.1. The molecule has 2 amide bonds. The van der Waals surface area contributed by atoms with Crippen molar-refractivity contribution in [3.8, 4) is 0 Å². The molecule has 0 aromatic heterocycles. The summed E-state index contributed by atoms with van der Waals surface area (Å²) in [7, 11) is 0. The predicted molar refractivity (Wildman–Crippen MR) is 68.2 cm³/mol. The summed E-state index contributed by atoms with van der Waals surface area (Å²) in [6.45, 7) is 5.64. The van der Waals surface area contributed by atoms with Crippen molar-refractivity contribution >= 4 is 6.03 Å². The number of carbonyl (C=O) groups excluding carboxylic acids is 1. The third-order valence-corrected chi connectivity index (χ3v) is 2.30. The second-order valence-corrected chi connectivity index (χ2v) is 4.27. The van der Waals surface area contributed by atoms with Gasteiger partial charge in [-0.3, -0.25) is 0 Å². The molecule has 0 heterocycles. The maximum atomic E-state index is 11.4. The van der Waals surface area contributed by atoms with Crippen molar-refractivity contribution in [2.75, 3.05) is 39.5 Å². The van der Waals surface area contributed by atoms with E-state index in [-0.39, 0.29) is 0 Å². The van der Waals surface area contributed by atoms with Crippen LogP contribution in [0, 0.1) is 0 Å². The van der Waals surface area contributed by atoms with Crippen molar-refractivity contribution in [1.82, 2.24) is 16.0 Å². The van der Waals surface area contributed by atoms with Gasteiger partial charge in [0.05, 0.1) is 19.8 Å². The Morgan fingerprint density at radius 1 is 1.17 bits per heavy atom. The minimum Gasteiger partial charge on any atom is -0.394 e. The van der Waals surface area contributed by atoms with Crippen molar-refractivity contribution < 1.29 is 20.1 Å². The Labute approximate surface area is 107 Å². The number of hydrogen-bond acceptors (Lipinski definition) is 5. The van der Waals surface area contributed by atoms with Gasteiger partial charge in [0.15, 0.2) is 0 Å². The van der Waals surface area contributed by atoms with E-state index in [1.807, 2.05) is 6.92 Å². The summed E-state index contributed by atoms with van der Waals surface area (Å²) in [4.78, 5) is 11.4. The maximum Gasteiger partial charge on any atom is 0.315 e. The van der Waals surface area contributed by atoms with Gasteiger partial charge in [-0.05, 0) is 6.92 Å². The van der Waals surface area contributed by atoms with E-state index in [1.165, 1.54) is 0 Å². The predicted octanol–water partition coefficient (Wildman–Crippen LogP) is -1.83. The molecule has 0 aliphatic heterocycles. The molecule has 7 nitrogen and oxygen atoms in total. The van der Waals surface area contributed by atoms with Crippen molar-refractivity contribution in [2.24, 2.45) is 0 Å². The average Bonchev–Trinajstić information content (AvgIpc) is 2.35. The minimum atomic E-state index is -1.39. The summed E-state index contributed by atoms with van der Waals surface area (Å²) in [5.74, 6) is 0. The molecule has 18 heavy (non-hydrogen) atoms. The molecule has 6 N–H and O–H groups in total. The molecular weight excluding hydrogens is 238 g/mol. The largest absolute Gasteiger partial charge is 0.394 e. The van der Waals surface area contributed by atoms with Crippen molar-refractivity contribution in [1.29, 1.82) is 0 Å². The van der Waals surface area contributed by atoms with E-state index >= 15 is 0 Å². The number of hydrogen-bond donors (Lipinski definition) is 6. The van der Waals surface area contributed by atoms with E-state index in [2.05, 4.69) is 22.5 Å². The zero-order valence-corrected chi connectivity index (χ0v) is 10.7. The summed E-state index contributed by atoms with van der Waals surface area (Å²) in [6, 6.07) is -0.552. The van der Waals surface area contributed by atoms with E-state index < -0.39 is 31.4 Å². The topological polar surface area (TPSA) is 114 Å². The van der Waals surface area contributed by atoms with E-state index in [4.69, 9.17) is 15.3 Å². The monoisotopic (exact) mass is 261 g/mol. The van der Waals surface area contributed by atoms with Crippen molar-refractivity contribution in [2.45, 2.75) is 12.5 Å². The first kappa shape index (κ1) is 16.9. The highest BCUT2D eigenvalue weighted by Crippen LogP contribution is 2.00. The van der Waals surface area contributed by atoms with Gasteiger partial charge in [0, 0.05) is 19.6 Å². The summed E-state index contributed by atoms with van der Waals surface area (Å²) in [5, 5.41) is 35.0. The standard InChI is InChI=1S/C11H23N3O4/c1-9(2)5-12-3-4-13-10(18)14-11(6-15,7-16)8-17/h12,15-17H,1,3-8H2,2H3,(H2,13,14,18). The van der Waals surface area contributed by atoms with Gasteiger partial charge in [0.2, 0.25) is 0 Å². The number of urea groups is 1. The molecular formula is C11H23N3O4. The number of amides is 2. The summed E-state index contributed by atoms with van der Waals surface area (Å²) in [5.41, 5.74) is -0.394. The number of rotatable bonds is 9. The Balaban J connectivity index is 3.86. The van der Waals surface area contributed by atoms with Crippen LogP contribution in [0.5, 0.6) is 0 Å². The zero-order valence-electron chi connectivity index (χ0n) is 10.7. The lowest BCUT2D eigenvalue weighted by atomic mass is 10.0. The number of aliphatic hydroxyl groups excluding tert-OH is 3. The molecule has 0 rings (SSSR count). The first-order valence-corrected chi connectivity index (χ1v) is 5.73. The van der Waals surface area contributed by atoms with Gasteiger partial charge in [-0.25, -0.2) is 4.79 Å². The van der Waals surface area contributed by atoms with E-state index in [0.717, 1.165) is 5.57 Å². The molecule has 0 aromatic carbocycles. The van der Waals surface area contributed by atoms with E-state index in [1.54, 1.807) is 0 Å². The Morgan fingerprint density at radius 2 is 1.72 bits per heavy atom.